The highest BCUT2D eigenvalue weighted by Gasteiger charge is 2.31. The molecule has 3 heteroatoms. The van der Waals surface area contributed by atoms with Crippen molar-refractivity contribution in [2.75, 3.05) is 13.2 Å². The lowest BCUT2D eigenvalue weighted by molar-refractivity contribution is -0.148. The normalized spacial score (nSPS) is 20.4. The number of hydrogen-bond donors (Lipinski definition) is 0. The molecule has 1 aromatic rings. The van der Waals surface area contributed by atoms with E-state index < -0.39 is 0 Å². The SMILES string of the molecule is CCOC(=O)[C@H]1CCCN1Cc1ccccc1. The van der Waals surface area contributed by atoms with Crippen molar-refractivity contribution < 1.29 is 9.53 Å². The van der Waals surface area contributed by atoms with E-state index in [1.807, 2.05) is 25.1 Å². The summed E-state index contributed by atoms with van der Waals surface area (Å²) in [4.78, 5) is 14.0. The number of carbonyl (C=O) groups excluding carboxylic acids is 1. The third kappa shape index (κ3) is 3.07. The first-order valence-electron chi connectivity index (χ1n) is 6.26. The molecule has 3 nitrogen and oxygen atoms in total. The molecule has 92 valence electrons. The van der Waals surface area contributed by atoms with E-state index in [0.717, 1.165) is 25.9 Å². The molecule has 1 aliphatic heterocycles. The van der Waals surface area contributed by atoms with E-state index in [9.17, 15) is 4.79 Å². The zero-order valence-corrected chi connectivity index (χ0v) is 10.3. The summed E-state index contributed by atoms with van der Waals surface area (Å²) in [7, 11) is 0. The van der Waals surface area contributed by atoms with Crippen molar-refractivity contribution in [3.05, 3.63) is 35.9 Å². The molecule has 1 saturated heterocycles. The van der Waals surface area contributed by atoms with Gasteiger partial charge in [0.15, 0.2) is 0 Å². The van der Waals surface area contributed by atoms with Crippen LogP contribution in [0.15, 0.2) is 30.3 Å². The first-order chi connectivity index (χ1) is 8.31. The molecule has 0 saturated carbocycles. The summed E-state index contributed by atoms with van der Waals surface area (Å²) in [5, 5.41) is 0. The van der Waals surface area contributed by atoms with Crippen LogP contribution in [0.4, 0.5) is 0 Å². The van der Waals surface area contributed by atoms with Crippen LogP contribution in [0.1, 0.15) is 25.3 Å². The Morgan fingerprint density at radius 2 is 2.18 bits per heavy atom. The summed E-state index contributed by atoms with van der Waals surface area (Å²) < 4.78 is 5.11. The number of nitrogens with zero attached hydrogens (tertiary/aromatic N) is 1. The van der Waals surface area contributed by atoms with Gasteiger partial charge in [0.25, 0.3) is 0 Å². The quantitative estimate of drug-likeness (QED) is 0.747. The number of hydrogen-bond acceptors (Lipinski definition) is 3. The van der Waals surface area contributed by atoms with Gasteiger partial charge in [-0.1, -0.05) is 30.3 Å². The smallest absolute Gasteiger partial charge is 0.323 e. The Kier molecular flexibility index (Phi) is 4.15. The highest BCUT2D eigenvalue weighted by atomic mass is 16.5. The van der Waals surface area contributed by atoms with E-state index in [1.54, 1.807) is 0 Å². The molecular weight excluding hydrogens is 214 g/mol. The van der Waals surface area contributed by atoms with Gasteiger partial charge in [-0.15, -0.1) is 0 Å². The first-order valence-corrected chi connectivity index (χ1v) is 6.26. The Labute approximate surface area is 102 Å². The molecule has 0 N–H and O–H groups in total. The minimum Gasteiger partial charge on any atom is -0.465 e. The minimum atomic E-state index is -0.0686. The molecule has 0 bridgehead atoms. The molecule has 0 aliphatic carbocycles. The van der Waals surface area contributed by atoms with Crippen LogP contribution in [0.25, 0.3) is 0 Å². The van der Waals surface area contributed by atoms with Crippen LogP contribution in [0.2, 0.25) is 0 Å². The van der Waals surface area contributed by atoms with Gasteiger partial charge in [-0.3, -0.25) is 9.69 Å². The van der Waals surface area contributed by atoms with Crippen molar-refractivity contribution in [2.24, 2.45) is 0 Å². The lowest BCUT2D eigenvalue weighted by atomic mass is 10.2. The third-order valence-electron chi connectivity index (χ3n) is 3.15. The monoisotopic (exact) mass is 233 g/mol. The second-order valence-electron chi connectivity index (χ2n) is 4.37. The Hall–Kier alpha value is -1.35. The summed E-state index contributed by atoms with van der Waals surface area (Å²) in [5.41, 5.74) is 1.25. The van der Waals surface area contributed by atoms with Crippen LogP contribution in [0, 0.1) is 0 Å². The topological polar surface area (TPSA) is 29.5 Å². The van der Waals surface area contributed by atoms with Gasteiger partial charge in [0, 0.05) is 6.54 Å². The van der Waals surface area contributed by atoms with E-state index >= 15 is 0 Å². The van der Waals surface area contributed by atoms with Gasteiger partial charge in [-0.25, -0.2) is 0 Å². The zero-order chi connectivity index (χ0) is 12.1. The summed E-state index contributed by atoms with van der Waals surface area (Å²) in [6, 6.07) is 10.2. The second-order valence-corrected chi connectivity index (χ2v) is 4.37. The predicted octanol–water partition coefficient (Wildman–Crippen LogP) is 2.21. The van der Waals surface area contributed by atoms with Gasteiger partial charge < -0.3 is 4.74 Å². The molecule has 17 heavy (non-hydrogen) atoms. The third-order valence-corrected chi connectivity index (χ3v) is 3.15. The van der Waals surface area contributed by atoms with Crippen molar-refractivity contribution >= 4 is 5.97 Å². The van der Waals surface area contributed by atoms with Crippen molar-refractivity contribution in [1.82, 2.24) is 4.90 Å². The summed E-state index contributed by atoms with van der Waals surface area (Å²) in [6.07, 6.45) is 2.00. The zero-order valence-electron chi connectivity index (χ0n) is 10.3. The molecule has 1 aromatic carbocycles. The van der Waals surface area contributed by atoms with Gasteiger partial charge in [-0.05, 0) is 31.9 Å². The molecule has 0 spiro atoms. The molecule has 0 amide bonds. The average Bonchev–Trinajstić information content (AvgIpc) is 2.79. The molecule has 1 aliphatic rings. The van der Waals surface area contributed by atoms with Crippen LogP contribution in [-0.4, -0.2) is 30.1 Å². The van der Waals surface area contributed by atoms with E-state index in [0.29, 0.717) is 6.61 Å². The van der Waals surface area contributed by atoms with Crippen LogP contribution >= 0.6 is 0 Å². The van der Waals surface area contributed by atoms with Crippen molar-refractivity contribution in [3.8, 4) is 0 Å². The predicted molar refractivity (Wildman–Crippen MR) is 66.5 cm³/mol. The van der Waals surface area contributed by atoms with Gasteiger partial charge in [0.05, 0.1) is 6.61 Å². The molecule has 1 atom stereocenters. The van der Waals surface area contributed by atoms with E-state index in [-0.39, 0.29) is 12.0 Å². The van der Waals surface area contributed by atoms with Crippen molar-refractivity contribution in [2.45, 2.75) is 32.4 Å². The number of benzene rings is 1. The lowest BCUT2D eigenvalue weighted by Crippen LogP contribution is -2.36. The molecule has 2 rings (SSSR count). The van der Waals surface area contributed by atoms with Gasteiger partial charge in [0.2, 0.25) is 0 Å². The summed E-state index contributed by atoms with van der Waals surface area (Å²) in [6.45, 7) is 4.14. The fourth-order valence-corrected chi connectivity index (χ4v) is 2.34. The van der Waals surface area contributed by atoms with Crippen LogP contribution in [-0.2, 0) is 16.1 Å². The van der Waals surface area contributed by atoms with Gasteiger partial charge >= 0.3 is 5.97 Å². The van der Waals surface area contributed by atoms with E-state index in [2.05, 4.69) is 17.0 Å². The second kappa shape index (κ2) is 5.82. The number of rotatable bonds is 4. The Morgan fingerprint density at radius 3 is 2.88 bits per heavy atom. The highest BCUT2D eigenvalue weighted by Crippen LogP contribution is 2.21. The molecule has 1 heterocycles. The fraction of sp³-hybridized carbons (Fsp3) is 0.500. The number of esters is 1. The van der Waals surface area contributed by atoms with Crippen molar-refractivity contribution in [1.29, 1.82) is 0 Å². The van der Waals surface area contributed by atoms with Crippen LogP contribution < -0.4 is 0 Å². The highest BCUT2D eigenvalue weighted by molar-refractivity contribution is 5.76. The lowest BCUT2D eigenvalue weighted by Gasteiger charge is -2.22. The van der Waals surface area contributed by atoms with E-state index in [4.69, 9.17) is 4.74 Å². The van der Waals surface area contributed by atoms with Gasteiger partial charge in [-0.2, -0.15) is 0 Å². The Bertz CT molecular complexity index is 364. The average molecular weight is 233 g/mol. The van der Waals surface area contributed by atoms with Crippen LogP contribution in [0.5, 0.6) is 0 Å². The number of ether oxygens (including phenoxy) is 1. The largest absolute Gasteiger partial charge is 0.465 e. The maximum Gasteiger partial charge on any atom is 0.323 e. The number of carbonyl (C=O) groups is 1. The van der Waals surface area contributed by atoms with E-state index in [1.165, 1.54) is 5.56 Å². The van der Waals surface area contributed by atoms with Crippen LogP contribution in [0.3, 0.4) is 0 Å². The van der Waals surface area contributed by atoms with Crippen molar-refractivity contribution in [3.63, 3.8) is 0 Å². The molecule has 0 aromatic heterocycles. The summed E-state index contributed by atoms with van der Waals surface area (Å²) in [5.74, 6) is -0.0686. The summed E-state index contributed by atoms with van der Waals surface area (Å²) >= 11 is 0. The minimum absolute atomic E-state index is 0.0462. The maximum absolute atomic E-state index is 11.8. The molecular formula is C14H19NO2. The first kappa shape index (κ1) is 12.1. The number of likely N-dealkylation sites (tertiary alicyclic amines) is 1. The standard InChI is InChI=1S/C14H19NO2/c1-2-17-14(16)13-9-6-10-15(13)11-12-7-4-3-5-8-12/h3-5,7-8,13H,2,6,9-11H2,1H3/t13-/m1/s1. The molecule has 0 radical (unpaired) electrons. The molecule has 1 fully saturated rings. The maximum atomic E-state index is 11.8. The molecule has 0 unspecified atom stereocenters. The Balaban J connectivity index is 1.98. The fourth-order valence-electron chi connectivity index (χ4n) is 2.34. The van der Waals surface area contributed by atoms with Gasteiger partial charge in [0.1, 0.15) is 6.04 Å². The Morgan fingerprint density at radius 1 is 1.41 bits per heavy atom.